The number of aryl methyl sites for hydroxylation is 1. The molecule has 0 aliphatic carbocycles. The van der Waals surface area contributed by atoms with Crippen molar-refractivity contribution in [2.45, 2.75) is 13.3 Å². The van der Waals surface area contributed by atoms with Crippen molar-refractivity contribution in [1.29, 1.82) is 0 Å². The Morgan fingerprint density at radius 1 is 1.21 bits per heavy atom. The molecular weight excluding hydrogens is 242 g/mol. The number of nitrogens with zero attached hydrogens (tertiary/aromatic N) is 3. The molecule has 0 aliphatic heterocycles. The Morgan fingerprint density at radius 2 is 1.84 bits per heavy atom. The van der Waals surface area contributed by atoms with Crippen molar-refractivity contribution >= 4 is 17.5 Å². The predicted molar refractivity (Wildman–Crippen MR) is 72.9 cm³/mol. The Balaban J connectivity index is 2.37. The molecule has 2 rings (SSSR count). The van der Waals surface area contributed by atoms with E-state index in [9.17, 15) is 4.79 Å². The van der Waals surface area contributed by atoms with Crippen LogP contribution in [-0.2, 0) is 6.42 Å². The first-order valence-electron chi connectivity index (χ1n) is 6.00. The van der Waals surface area contributed by atoms with Crippen LogP contribution in [0.1, 0.15) is 23.0 Å². The third-order valence-electron chi connectivity index (χ3n) is 2.93. The van der Waals surface area contributed by atoms with Gasteiger partial charge in [0.25, 0.3) is 0 Å². The highest BCUT2D eigenvalue weighted by atomic mass is 16.4. The van der Waals surface area contributed by atoms with Gasteiger partial charge in [-0.05, 0) is 24.1 Å². The lowest BCUT2D eigenvalue weighted by Gasteiger charge is -2.19. The maximum Gasteiger partial charge on any atom is 0.358 e. The molecule has 0 saturated carbocycles. The van der Waals surface area contributed by atoms with Gasteiger partial charge in [-0.25, -0.2) is 14.8 Å². The Labute approximate surface area is 111 Å². The molecule has 0 spiro atoms. The minimum absolute atomic E-state index is 0.0513. The van der Waals surface area contributed by atoms with Crippen LogP contribution in [0.4, 0.5) is 11.5 Å². The van der Waals surface area contributed by atoms with E-state index in [1.54, 1.807) is 11.9 Å². The van der Waals surface area contributed by atoms with Crippen LogP contribution in [0.15, 0.2) is 36.7 Å². The van der Waals surface area contributed by atoms with Crippen molar-refractivity contribution in [3.8, 4) is 0 Å². The summed E-state index contributed by atoms with van der Waals surface area (Å²) in [4.78, 5) is 20.8. The van der Waals surface area contributed by atoms with Gasteiger partial charge in [-0.15, -0.1) is 0 Å². The number of carboxylic acids is 1. The predicted octanol–water partition coefficient (Wildman–Crippen LogP) is 2.51. The highest BCUT2D eigenvalue weighted by molar-refractivity contribution is 5.91. The number of aromatic carboxylic acids is 1. The Morgan fingerprint density at radius 3 is 2.42 bits per heavy atom. The quantitative estimate of drug-likeness (QED) is 0.911. The molecule has 1 aromatic carbocycles. The SMILES string of the molecule is CCc1ccc(N(C)c2nccnc2C(=O)O)cc1. The monoisotopic (exact) mass is 257 g/mol. The number of aromatic nitrogens is 2. The Kier molecular flexibility index (Phi) is 3.75. The second-order valence-corrected chi connectivity index (χ2v) is 4.11. The zero-order valence-corrected chi connectivity index (χ0v) is 10.9. The van der Waals surface area contributed by atoms with Gasteiger partial charge < -0.3 is 10.0 Å². The van der Waals surface area contributed by atoms with Crippen molar-refractivity contribution in [1.82, 2.24) is 9.97 Å². The summed E-state index contributed by atoms with van der Waals surface area (Å²) in [7, 11) is 1.78. The van der Waals surface area contributed by atoms with Gasteiger partial charge >= 0.3 is 5.97 Å². The Hall–Kier alpha value is -2.43. The molecule has 0 radical (unpaired) electrons. The van der Waals surface area contributed by atoms with E-state index in [0.717, 1.165) is 12.1 Å². The lowest BCUT2D eigenvalue weighted by atomic mass is 10.1. The average Bonchev–Trinajstić information content (AvgIpc) is 2.46. The summed E-state index contributed by atoms with van der Waals surface area (Å²) in [6, 6.07) is 7.92. The summed E-state index contributed by atoms with van der Waals surface area (Å²) in [6.07, 6.45) is 3.83. The molecular formula is C14H15N3O2. The molecule has 5 nitrogen and oxygen atoms in total. The first-order valence-corrected chi connectivity index (χ1v) is 6.00. The van der Waals surface area contributed by atoms with Gasteiger partial charge in [0.05, 0.1) is 0 Å². The maximum absolute atomic E-state index is 11.1. The molecule has 1 N–H and O–H groups in total. The molecule has 0 amide bonds. The standard InChI is InChI=1S/C14H15N3O2/c1-3-10-4-6-11(7-5-10)17(2)13-12(14(18)19)15-8-9-16-13/h4-9H,3H2,1-2H3,(H,18,19). The molecule has 0 aliphatic rings. The van der Waals surface area contributed by atoms with Gasteiger partial charge in [-0.1, -0.05) is 19.1 Å². The number of carboxylic acid groups (broad SMARTS) is 1. The maximum atomic E-state index is 11.1. The molecule has 0 atom stereocenters. The van der Waals surface area contributed by atoms with Gasteiger partial charge in [-0.2, -0.15) is 0 Å². The van der Waals surface area contributed by atoms with Crippen LogP contribution in [0.5, 0.6) is 0 Å². The number of anilines is 2. The fourth-order valence-electron chi connectivity index (χ4n) is 1.80. The second kappa shape index (κ2) is 5.48. The number of hydrogen-bond donors (Lipinski definition) is 1. The van der Waals surface area contributed by atoms with Crippen molar-refractivity contribution in [2.75, 3.05) is 11.9 Å². The molecule has 1 aromatic heterocycles. The van der Waals surface area contributed by atoms with Crippen LogP contribution in [0, 0.1) is 0 Å². The van der Waals surface area contributed by atoms with E-state index in [1.807, 2.05) is 24.3 Å². The summed E-state index contributed by atoms with van der Waals surface area (Å²) >= 11 is 0. The third-order valence-corrected chi connectivity index (χ3v) is 2.93. The summed E-state index contributed by atoms with van der Waals surface area (Å²) in [6.45, 7) is 2.09. The lowest BCUT2D eigenvalue weighted by molar-refractivity contribution is 0.0691. The minimum Gasteiger partial charge on any atom is -0.476 e. The molecule has 0 unspecified atom stereocenters. The van der Waals surface area contributed by atoms with Crippen molar-refractivity contribution in [2.24, 2.45) is 0 Å². The van der Waals surface area contributed by atoms with Gasteiger partial charge in [0.15, 0.2) is 11.5 Å². The van der Waals surface area contributed by atoms with Crippen LogP contribution in [0.3, 0.4) is 0 Å². The van der Waals surface area contributed by atoms with Gasteiger partial charge in [0.2, 0.25) is 0 Å². The van der Waals surface area contributed by atoms with Gasteiger partial charge in [0, 0.05) is 25.1 Å². The Bertz CT molecular complexity index is 581. The smallest absolute Gasteiger partial charge is 0.358 e. The lowest BCUT2D eigenvalue weighted by Crippen LogP contribution is -2.16. The van der Waals surface area contributed by atoms with Gasteiger partial charge in [-0.3, -0.25) is 0 Å². The van der Waals surface area contributed by atoms with Gasteiger partial charge in [0.1, 0.15) is 0 Å². The molecule has 0 fully saturated rings. The van der Waals surface area contributed by atoms with E-state index in [4.69, 9.17) is 5.11 Å². The second-order valence-electron chi connectivity index (χ2n) is 4.11. The van der Waals surface area contributed by atoms with Crippen LogP contribution >= 0.6 is 0 Å². The van der Waals surface area contributed by atoms with E-state index >= 15 is 0 Å². The third kappa shape index (κ3) is 2.70. The normalized spacial score (nSPS) is 10.2. The van der Waals surface area contributed by atoms with E-state index in [2.05, 4.69) is 16.9 Å². The molecule has 1 heterocycles. The first-order chi connectivity index (χ1) is 9.13. The highest BCUT2D eigenvalue weighted by Crippen LogP contribution is 2.24. The molecule has 19 heavy (non-hydrogen) atoms. The molecule has 0 bridgehead atoms. The molecule has 0 saturated heterocycles. The van der Waals surface area contributed by atoms with Crippen molar-refractivity contribution < 1.29 is 9.90 Å². The van der Waals surface area contributed by atoms with E-state index < -0.39 is 5.97 Å². The summed E-state index contributed by atoms with van der Waals surface area (Å²) in [5.41, 5.74) is 2.06. The zero-order chi connectivity index (χ0) is 13.8. The number of rotatable bonds is 4. The van der Waals surface area contributed by atoms with E-state index in [0.29, 0.717) is 5.82 Å². The summed E-state index contributed by atoms with van der Waals surface area (Å²) < 4.78 is 0. The fraction of sp³-hybridized carbons (Fsp3) is 0.214. The number of benzene rings is 1. The highest BCUT2D eigenvalue weighted by Gasteiger charge is 2.17. The topological polar surface area (TPSA) is 66.3 Å². The molecule has 2 aromatic rings. The van der Waals surface area contributed by atoms with Crippen LogP contribution in [-0.4, -0.2) is 28.1 Å². The van der Waals surface area contributed by atoms with E-state index in [1.165, 1.54) is 18.0 Å². The largest absolute Gasteiger partial charge is 0.476 e. The fourth-order valence-corrected chi connectivity index (χ4v) is 1.80. The van der Waals surface area contributed by atoms with Crippen molar-refractivity contribution in [3.05, 3.63) is 47.9 Å². The molecule has 5 heteroatoms. The van der Waals surface area contributed by atoms with Crippen molar-refractivity contribution in [3.63, 3.8) is 0 Å². The van der Waals surface area contributed by atoms with Crippen LogP contribution in [0.2, 0.25) is 0 Å². The van der Waals surface area contributed by atoms with Crippen LogP contribution in [0.25, 0.3) is 0 Å². The summed E-state index contributed by atoms with van der Waals surface area (Å²) in [5, 5.41) is 9.11. The zero-order valence-electron chi connectivity index (χ0n) is 10.9. The van der Waals surface area contributed by atoms with E-state index in [-0.39, 0.29) is 5.69 Å². The number of hydrogen-bond acceptors (Lipinski definition) is 4. The minimum atomic E-state index is -1.08. The van der Waals surface area contributed by atoms with Crippen LogP contribution < -0.4 is 4.90 Å². The molecule has 98 valence electrons. The summed E-state index contributed by atoms with van der Waals surface area (Å²) in [5.74, 6) is -0.751. The number of carbonyl (C=O) groups is 1. The first kappa shape index (κ1) is 13.0. The average molecular weight is 257 g/mol.